The molecule has 2 aliphatic carbocycles. The number of carbonyl (C=O) groups excluding carboxylic acids is 1. The van der Waals surface area contributed by atoms with Crippen LogP contribution in [0.15, 0.2) is 65.8 Å². The number of sulfonamides is 1. The SMILES string of the molecule is CN(CCOCCNC(=O)N[C@H](CO)[C@H](O)[C@@H](O)[C@@H](O)CO)S(=O)(=O)c1ccc(Cl)c(COC2(c3cnccc3-c3ccccc3OC3CC3)CC2)c1. The second-order valence-corrected chi connectivity index (χ2v) is 15.6. The lowest BCUT2D eigenvalue weighted by atomic mass is 9.96. The van der Waals surface area contributed by atoms with Crippen LogP contribution in [-0.4, -0.2) is 126 Å². The lowest BCUT2D eigenvalue weighted by molar-refractivity contribution is -0.0902. The molecule has 2 amide bonds. The highest BCUT2D eigenvalue weighted by molar-refractivity contribution is 7.89. The predicted molar refractivity (Wildman–Crippen MR) is 194 cm³/mol. The van der Waals surface area contributed by atoms with E-state index in [1.54, 1.807) is 6.20 Å². The van der Waals surface area contributed by atoms with E-state index in [-0.39, 0.29) is 43.9 Å². The number of aliphatic hydroxyl groups is 5. The van der Waals surface area contributed by atoms with Crippen molar-refractivity contribution in [3.63, 3.8) is 0 Å². The fourth-order valence-corrected chi connectivity index (χ4v) is 7.03. The molecule has 2 aliphatic rings. The summed E-state index contributed by atoms with van der Waals surface area (Å²) in [5.41, 5.74) is 2.79. The van der Waals surface area contributed by atoms with Crippen LogP contribution in [0.25, 0.3) is 11.1 Å². The van der Waals surface area contributed by atoms with Crippen LogP contribution in [0.4, 0.5) is 4.79 Å². The van der Waals surface area contributed by atoms with Crippen molar-refractivity contribution in [2.24, 2.45) is 0 Å². The molecule has 5 rings (SSSR count). The first-order chi connectivity index (χ1) is 25.4. The van der Waals surface area contributed by atoms with E-state index in [1.807, 2.05) is 36.5 Å². The van der Waals surface area contributed by atoms with E-state index in [0.29, 0.717) is 10.6 Å². The summed E-state index contributed by atoms with van der Waals surface area (Å²) in [7, 11) is -2.51. The van der Waals surface area contributed by atoms with Gasteiger partial charge in [0.15, 0.2) is 0 Å². The first-order valence-corrected chi connectivity index (χ1v) is 19.2. The molecule has 4 atom stereocenters. The fraction of sp³-hybridized carbons (Fsp3) is 0.500. The summed E-state index contributed by atoms with van der Waals surface area (Å²) in [6, 6.07) is 12.3. The van der Waals surface area contributed by atoms with Crippen LogP contribution in [0.1, 0.15) is 36.8 Å². The second kappa shape index (κ2) is 18.3. The molecule has 7 N–H and O–H groups in total. The number of likely N-dealkylation sites (N-methyl/N-ethyl adjacent to an activating group) is 1. The molecule has 1 aromatic heterocycles. The van der Waals surface area contributed by atoms with E-state index < -0.39 is 59.2 Å². The number of hydrogen-bond donors (Lipinski definition) is 7. The molecule has 0 saturated heterocycles. The van der Waals surface area contributed by atoms with Crippen molar-refractivity contribution in [1.82, 2.24) is 19.9 Å². The summed E-state index contributed by atoms with van der Waals surface area (Å²) in [6.45, 7) is -1.46. The number of nitrogens with one attached hydrogen (secondary N) is 2. The van der Waals surface area contributed by atoms with Gasteiger partial charge in [-0.1, -0.05) is 29.8 Å². The first kappa shape index (κ1) is 40.8. The van der Waals surface area contributed by atoms with Gasteiger partial charge >= 0.3 is 6.03 Å². The average molecular weight is 779 g/mol. The van der Waals surface area contributed by atoms with Crippen LogP contribution < -0.4 is 15.4 Å². The molecule has 0 radical (unpaired) electrons. The largest absolute Gasteiger partial charge is 0.490 e. The van der Waals surface area contributed by atoms with Crippen molar-refractivity contribution in [1.29, 1.82) is 0 Å². The van der Waals surface area contributed by atoms with Gasteiger partial charge in [-0.2, -0.15) is 4.31 Å². The second-order valence-electron chi connectivity index (χ2n) is 13.1. The highest BCUT2D eigenvalue weighted by atomic mass is 35.5. The Bertz CT molecular complexity index is 1790. The lowest BCUT2D eigenvalue weighted by Gasteiger charge is -2.28. The number of pyridine rings is 1. The quantitative estimate of drug-likeness (QED) is 0.0766. The van der Waals surface area contributed by atoms with Gasteiger partial charge in [-0.05, 0) is 67.1 Å². The third kappa shape index (κ3) is 10.4. The van der Waals surface area contributed by atoms with Crippen LogP contribution >= 0.6 is 11.6 Å². The molecule has 0 bridgehead atoms. The number of hydrogen-bond acceptors (Lipinski definition) is 12. The number of ether oxygens (including phenoxy) is 3. The Morgan fingerprint density at radius 2 is 1.79 bits per heavy atom. The van der Waals surface area contributed by atoms with Gasteiger partial charge in [0.1, 0.15) is 24.1 Å². The van der Waals surface area contributed by atoms with Gasteiger partial charge in [0.2, 0.25) is 10.0 Å². The molecule has 3 aromatic rings. The maximum atomic E-state index is 13.5. The molecule has 2 fully saturated rings. The van der Waals surface area contributed by atoms with Gasteiger partial charge in [0.25, 0.3) is 0 Å². The summed E-state index contributed by atoms with van der Waals surface area (Å²) in [5, 5.41) is 52.8. The average Bonchev–Trinajstić information content (AvgIpc) is 4.11. The monoisotopic (exact) mass is 778 g/mol. The van der Waals surface area contributed by atoms with Crippen LogP contribution in [0, 0.1) is 0 Å². The van der Waals surface area contributed by atoms with Crippen LogP contribution in [0.2, 0.25) is 5.02 Å². The third-order valence-electron chi connectivity index (χ3n) is 9.18. The highest BCUT2D eigenvalue weighted by Gasteiger charge is 2.48. The van der Waals surface area contributed by atoms with Crippen molar-refractivity contribution >= 4 is 27.7 Å². The van der Waals surface area contributed by atoms with Gasteiger partial charge < -0.3 is 50.4 Å². The van der Waals surface area contributed by atoms with Crippen molar-refractivity contribution in [2.45, 2.75) is 73.2 Å². The molecular weight excluding hydrogens is 732 g/mol. The number of urea groups is 1. The van der Waals surface area contributed by atoms with Crippen LogP contribution in [0.3, 0.4) is 0 Å². The molecule has 290 valence electrons. The molecule has 2 aromatic carbocycles. The predicted octanol–water partition coefficient (Wildman–Crippen LogP) is 1.52. The molecule has 53 heavy (non-hydrogen) atoms. The lowest BCUT2D eigenvalue weighted by Crippen LogP contribution is -2.56. The highest BCUT2D eigenvalue weighted by Crippen LogP contribution is 2.53. The number of benzene rings is 2. The summed E-state index contributed by atoms with van der Waals surface area (Å²) in [4.78, 5) is 16.6. The van der Waals surface area contributed by atoms with E-state index >= 15 is 0 Å². The minimum absolute atomic E-state index is 0.00167. The van der Waals surface area contributed by atoms with Crippen molar-refractivity contribution in [2.75, 3.05) is 46.6 Å². The summed E-state index contributed by atoms with van der Waals surface area (Å²) in [5.74, 6) is 0.818. The zero-order valence-electron chi connectivity index (χ0n) is 29.3. The zero-order valence-corrected chi connectivity index (χ0v) is 30.9. The van der Waals surface area contributed by atoms with E-state index in [1.165, 1.54) is 25.2 Å². The molecule has 0 unspecified atom stereocenters. The van der Waals surface area contributed by atoms with Crippen molar-refractivity contribution in [3.05, 3.63) is 77.1 Å². The standard InChI is InChI=1S/C36H47ClN4O11S/c1-41(15-17-50-16-14-39-35(47)40-30(20-42)33(45)34(46)31(44)21-43)53(48,49)25-8-9-29(37)23(18-25)22-51-36(11-12-36)28-19-38-13-10-26(28)27-4-2-3-5-32(27)52-24-6-7-24/h2-5,8-10,13,18-19,24,30-31,33-34,42-46H,6-7,11-12,14-17,20-22H2,1H3,(H2,39,40,47)/t30-,31+,33+,34+/m1/s1. The Hall–Kier alpha value is -3.42. The van der Waals surface area contributed by atoms with E-state index in [2.05, 4.69) is 15.6 Å². The van der Waals surface area contributed by atoms with Crippen LogP contribution in [-0.2, 0) is 31.7 Å². The van der Waals surface area contributed by atoms with Gasteiger partial charge in [0.05, 0.1) is 55.7 Å². The third-order valence-corrected chi connectivity index (χ3v) is 11.4. The van der Waals surface area contributed by atoms with E-state index in [0.717, 1.165) is 52.4 Å². The maximum Gasteiger partial charge on any atom is 0.315 e. The molecule has 17 heteroatoms. The Morgan fingerprint density at radius 3 is 2.49 bits per heavy atom. The molecule has 2 saturated carbocycles. The number of aliphatic hydroxyl groups excluding tert-OH is 5. The Balaban J connectivity index is 1.12. The minimum atomic E-state index is -3.93. The van der Waals surface area contributed by atoms with Gasteiger partial charge in [-0.3, -0.25) is 4.98 Å². The smallest absolute Gasteiger partial charge is 0.315 e. The van der Waals surface area contributed by atoms with Gasteiger partial charge in [0, 0.05) is 48.7 Å². The molecule has 0 aliphatic heterocycles. The summed E-state index contributed by atoms with van der Waals surface area (Å²) < 4.78 is 46.3. The number of aromatic nitrogens is 1. The summed E-state index contributed by atoms with van der Waals surface area (Å²) >= 11 is 6.53. The van der Waals surface area contributed by atoms with Crippen molar-refractivity contribution in [3.8, 4) is 16.9 Å². The van der Waals surface area contributed by atoms with Crippen molar-refractivity contribution < 1.29 is 53.0 Å². The Morgan fingerprint density at radius 1 is 1.04 bits per heavy atom. The number of rotatable bonds is 21. The Kier molecular flexibility index (Phi) is 14.1. The number of nitrogens with zero attached hydrogens (tertiary/aromatic N) is 2. The normalized spacial score (nSPS) is 17.5. The minimum Gasteiger partial charge on any atom is -0.490 e. The number of amides is 2. The Labute approximate surface area is 313 Å². The number of para-hydroxylation sites is 1. The van der Waals surface area contributed by atoms with E-state index in [4.69, 9.17) is 30.9 Å². The molecule has 15 nitrogen and oxygen atoms in total. The molecular formula is C36H47ClN4O11S. The first-order valence-electron chi connectivity index (χ1n) is 17.4. The van der Waals surface area contributed by atoms with Crippen LogP contribution in [0.5, 0.6) is 5.75 Å². The van der Waals surface area contributed by atoms with Gasteiger partial charge in [-0.15, -0.1) is 0 Å². The number of carbonyl (C=O) groups is 1. The topological polar surface area (TPSA) is 220 Å². The fourth-order valence-electron chi connectivity index (χ4n) is 5.66. The number of halogens is 1. The molecule has 0 spiro atoms. The molecule has 1 heterocycles. The van der Waals surface area contributed by atoms with E-state index in [9.17, 15) is 33.6 Å². The maximum absolute atomic E-state index is 13.5. The zero-order chi connectivity index (χ0) is 38.2. The van der Waals surface area contributed by atoms with Gasteiger partial charge in [-0.25, -0.2) is 13.2 Å². The summed E-state index contributed by atoms with van der Waals surface area (Å²) in [6.07, 6.45) is 2.21.